The number of amides is 1. The van der Waals surface area contributed by atoms with E-state index in [1.807, 2.05) is 0 Å². The van der Waals surface area contributed by atoms with Crippen LogP contribution in [0.2, 0.25) is 0 Å². The Morgan fingerprint density at radius 1 is 0.463 bits per heavy atom. The molecule has 0 rings (SSSR count). The Balaban J connectivity index is 4.51. The zero-order chi connectivity index (χ0) is 39.6. The van der Waals surface area contributed by atoms with Gasteiger partial charge in [0.05, 0.1) is 25.2 Å². The summed E-state index contributed by atoms with van der Waals surface area (Å²) >= 11 is 0. The fraction of sp³-hybridized carbons (Fsp3) is 0.958. The van der Waals surface area contributed by atoms with Crippen molar-refractivity contribution in [3.05, 3.63) is 0 Å². The first kappa shape index (κ1) is 52.9. The van der Waals surface area contributed by atoms with E-state index in [-0.39, 0.29) is 24.9 Å². The first-order valence-corrected chi connectivity index (χ1v) is 24.3. The van der Waals surface area contributed by atoms with Gasteiger partial charge < -0.3 is 20.3 Å². The second-order valence-electron chi connectivity index (χ2n) is 16.9. The third-order valence-corrected chi connectivity index (χ3v) is 11.4. The highest BCUT2D eigenvalue weighted by molar-refractivity contribution is 5.77. The number of unbranched alkanes of at least 4 members (excludes halogenated alkanes) is 32. The number of esters is 1. The normalized spacial score (nSPS) is 13.2. The molecule has 0 aliphatic heterocycles. The van der Waals surface area contributed by atoms with Gasteiger partial charge in [0, 0.05) is 6.42 Å². The van der Waals surface area contributed by atoms with Crippen LogP contribution >= 0.6 is 0 Å². The molecule has 0 aliphatic carbocycles. The molecule has 0 bridgehead atoms. The van der Waals surface area contributed by atoms with Crippen LogP contribution in [0.4, 0.5) is 0 Å². The van der Waals surface area contributed by atoms with Gasteiger partial charge in [-0.05, 0) is 25.7 Å². The third-order valence-electron chi connectivity index (χ3n) is 11.4. The van der Waals surface area contributed by atoms with Crippen LogP contribution in [0.1, 0.15) is 271 Å². The van der Waals surface area contributed by atoms with Crippen molar-refractivity contribution < 1.29 is 24.5 Å². The van der Waals surface area contributed by atoms with Gasteiger partial charge in [-0.15, -0.1) is 0 Å². The van der Waals surface area contributed by atoms with Crippen molar-refractivity contribution in [3.8, 4) is 0 Å². The summed E-state index contributed by atoms with van der Waals surface area (Å²) in [5.41, 5.74) is 0. The average molecular weight is 766 g/mol. The van der Waals surface area contributed by atoms with Gasteiger partial charge in [-0.25, -0.2) is 0 Å². The van der Waals surface area contributed by atoms with Crippen LogP contribution in [0.3, 0.4) is 0 Å². The summed E-state index contributed by atoms with van der Waals surface area (Å²) in [6.07, 6.45) is 44.5. The van der Waals surface area contributed by atoms with Crippen LogP contribution in [-0.2, 0) is 14.3 Å². The molecular weight excluding hydrogens is 671 g/mol. The minimum absolute atomic E-state index is 0.0871. The number of rotatable bonds is 44. The summed E-state index contributed by atoms with van der Waals surface area (Å²) in [5, 5.41) is 23.7. The highest BCUT2D eigenvalue weighted by atomic mass is 16.5. The Morgan fingerprint density at radius 2 is 0.778 bits per heavy atom. The van der Waals surface area contributed by atoms with E-state index in [0.717, 1.165) is 44.9 Å². The number of hydrogen-bond donors (Lipinski definition) is 3. The van der Waals surface area contributed by atoms with Crippen molar-refractivity contribution in [1.82, 2.24) is 5.32 Å². The zero-order valence-electron chi connectivity index (χ0n) is 36.6. The quantitative estimate of drug-likeness (QED) is 0.0424. The van der Waals surface area contributed by atoms with Crippen LogP contribution in [0.25, 0.3) is 0 Å². The molecule has 322 valence electrons. The minimum Gasteiger partial charge on any atom is -0.462 e. The SMILES string of the molecule is CCCCCCCCCCCCCCCCCC(CC(=O)NC(CO)C(O)CCCCCCCCCCCCC)OC(=O)CCCCCCCCCCC. The lowest BCUT2D eigenvalue weighted by atomic mass is 10.0. The molecule has 0 radical (unpaired) electrons. The molecule has 3 atom stereocenters. The van der Waals surface area contributed by atoms with E-state index in [2.05, 4.69) is 26.1 Å². The Morgan fingerprint density at radius 3 is 1.13 bits per heavy atom. The molecule has 6 heteroatoms. The second-order valence-corrected chi connectivity index (χ2v) is 16.9. The predicted octanol–water partition coefficient (Wildman–Crippen LogP) is 14.0. The molecule has 0 aromatic heterocycles. The molecular formula is C48H95NO5. The van der Waals surface area contributed by atoms with Crippen LogP contribution in [0.5, 0.6) is 0 Å². The van der Waals surface area contributed by atoms with Gasteiger partial charge in [0.15, 0.2) is 0 Å². The number of carbonyl (C=O) groups excluding carboxylic acids is 2. The Hall–Kier alpha value is -1.14. The number of aliphatic hydroxyl groups is 2. The number of nitrogens with one attached hydrogen (secondary N) is 1. The lowest BCUT2D eigenvalue weighted by molar-refractivity contribution is -0.151. The lowest BCUT2D eigenvalue weighted by Gasteiger charge is -2.24. The number of aliphatic hydroxyl groups excluding tert-OH is 2. The maximum absolute atomic E-state index is 13.1. The zero-order valence-corrected chi connectivity index (χ0v) is 36.6. The summed E-state index contributed by atoms with van der Waals surface area (Å²) < 4.78 is 5.91. The van der Waals surface area contributed by atoms with Crippen molar-refractivity contribution in [1.29, 1.82) is 0 Å². The topological polar surface area (TPSA) is 95.9 Å². The van der Waals surface area contributed by atoms with Gasteiger partial charge in [0.2, 0.25) is 5.91 Å². The molecule has 0 aromatic rings. The molecule has 0 saturated carbocycles. The first-order chi connectivity index (χ1) is 26.5. The van der Waals surface area contributed by atoms with Gasteiger partial charge in [-0.3, -0.25) is 9.59 Å². The van der Waals surface area contributed by atoms with E-state index < -0.39 is 18.2 Å². The van der Waals surface area contributed by atoms with Gasteiger partial charge in [0.1, 0.15) is 6.10 Å². The van der Waals surface area contributed by atoms with Crippen LogP contribution in [0.15, 0.2) is 0 Å². The maximum atomic E-state index is 13.1. The molecule has 3 unspecified atom stereocenters. The van der Waals surface area contributed by atoms with E-state index in [0.29, 0.717) is 19.3 Å². The summed E-state index contributed by atoms with van der Waals surface area (Å²) in [7, 11) is 0. The van der Waals surface area contributed by atoms with Gasteiger partial charge in [0.25, 0.3) is 0 Å². The standard InChI is InChI=1S/C48H95NO5/c1-4-7-10-13-16-19-21-22-23-24-26-28-30-33-36-39-44(54-48(53)41-38-35-32-27-18-15-12-9-6-3)42-47(52)49-45(43-50)46(51)40-37-34-31-29-25-20-17-14-11-8-5-2/h44-46,50-51H,4-43H2,1-3H3,(H,49,52). The van der Waals surface area contributed by atoms with E-state index in [1.54, 1.807) is 0 Å². The highest BCUT2D eigenvalue weighted by Gasteiger charge is 2.24. The molecule has 0 heterocycles. The van der Waals surface area contributed by atoms with Gasteiger partial charge >= 0.3 is 5.97 Å². The monoisotopic (exact) mass is 766 g/mol. The van der Waals surface area contributed by atoms with Crippen molar-refractivity contribution in [2.75, 3.05) is 6.61 Å². The third kappa shape index (κ3) is 37.8. The summed E-state index contributed by atoms with van der Waals surface area (Å²) in [4.78, 5) is 26.0. The molecule has 0 aromatic carbocycles. The smallest absolute Gasteiger partial charge is 0.306 e. The fourth-order valence-electron chi connectivity index (χ4n) is 7.73. The largest absolute Gasteiger partial charge is 0.462 e. The van der Waals surface area contributed by atoms with Gasteiger partial charge in [-0.2, -0.15) is 0 Å². The Labute approximate surface area is 336 Å². The van der Waals surface area contributed by atoms with Crippen molar-refractivity contribution in [3.63, 3.8) is 0 Å². The van der Waals surface area contributed by atoms with Crippen molar-refractivity contribution in [2.45, 2.75) is 289 Å². The second kappa shape index (κ2) is 43.0. The van der Waals surface area contributed by atoms with E-state index >= 15 is 0 Å². The summed E-state index contributed by atoms with van der Waals surface area (Å²) in [6.45, 7) is 6.48. The van der Waals surface area contributed by atoms with Crippen LogP contribution in [-0.4, -0.2) is 46.9 Å². The summed E-state index contributed by atoms with van der Waals surface area (Å²) in [6, 6.07) is -0.690. The minimum atomic E-state index is -0.777. The lowest BCUT2D eigenvalue weighted by Crippen LogP contribution is -2.46. The predicted molar refractivity (Wildman–Crippen MR) is 232 cm³/mol. The summed E-state index contributed by atoms with van der Waals surface area (Å²) in [5.74, 6) is -0.458. The number of ether oxygens (including phenoxy) is 1. The fourth-order valence-corrected chi connectivity index (χ4v) is 7.73. The molecule has 0 spiro atoms. The Bertz CT molecular complexity index is 776. The maximum Gasteiger partial charge on any atom is 0.306 e. The van der Waals surface area contributed by atoms with Crippen LogP contribution in [0, 0.1) is 0 Å². The molecule has 0 aliphatic rings. The first-order valence-electron chi connectivity index (χ1n) is 24.3. The number of carbonyl (C=O) groups is 2. The molecule has 0 fully saturated rings. The highest BCUT2D eigenvalue weighted by Crippen LogP contribution is 2.18. The molecule has 3 N–H and O–H groups in total. The van der Waals surface area contributed by atoms with Crippen molar-refractivity contribution >= 4 is 11.9 Å². The van der Waals surface area contributed by atoms with Gasteiger partial charge in [-0.1, -0.05) is 233 Å². The molecule has 6 nitrogen and oxygen atoms in total. The molecule has 54 heavy (non-hydrogen) atoms. The number of hydrogen-bond acceptors (Lipinski definition) is 5. The molecule has 0 saturated heterocycles. The molecule has 1 amide bonds. The average Bonchev–Trinajstić information content (AvgIpc) is 3.16. The van der Waals surface area contributed by atoms with Crippen molar-refractivity contribution in [2.24, 2.45) is 0 Å². The van der Waals surface area contributed by atoms with E-state index in [9.17, 15) is 19.8 Å². The van der Waals surface area contributed by atoms with E-state index in [1.165, 1.54) is 180 Å². The van der Waals surface area contributed by atoms with E-state index in [4.69, 9.17) is 4.74 Å². The van der Waals surface area contributed by atoms with Crippen LogP contribution < -0.4 is 5.32 Å². The Kier molecular flexibility index (Phi) is 42.1.